The van der Waals surface area contributed by atoms with Gasteiger partial charge in [0.1, 0.15) is 17.7 Å². The molecule has 0 spiro atoms. The Labute approximate surface area is 104 Å². The van der Waals surface area contributed by atoms with Crippen molar-refractivity contribution in [2.75, 3.05) is 27.4 Å². The van der Waals surface area contributed by atoms with E-state index in [1.165, 1.54) is 20.3 Å². The molecule has 0 bridgehead atoms. The minimum Gasteiger partial charge on any atom is -0.468 e. The molecule has 0 saturated carbocycles. The van der Waals surface area contributed by atoms with E-state index in [0.717, 1.165) is 12.1 Å². The van der Waals surface area contributed by atoms with Crippen LogP contribution in [0.3, 0.4) is 0 Å². The molecule has 0 fully saturated rings. The summed E-state index contributed by atoms with van der Waals surface area (Å²) >= 11 is 0. The number of benzene rings is 1. The van der Waals surface area contributed by atoms with E-state index in [2.05, 4.69) is 10.1 Å². The molecular formula is C12H15F2NO3. The summed E-state index contributed by atoms with van der Waals surface area (Å²) in [4.78, 5) is 11.6. The highest BCUT2D eigenvalue weighted by molar-refractivity contribution is 5.77. The Morgan fingerprint density at radius 1 is 1.39 bits per heavy atom. The van der Waals surface area contributed by atoms with Crippen LogP contribution in [0.2, 0.25) is 0 Å². The van der Waals surface area contributed by atoms with E-state index in [1.54, 1.807) is 0 Å². The second-order valence-corrected chi connectivity index (χ2v) is 3.57. The van der Waals surface area contributed by atoms with Crippen molar-refractivity contribution in [1.29, 1.82) is 0 Å². The first-order valence-electron chi connectivity index (χ1n) is 5.35. The van der Waals surface area contributed by atoms with Gasteiger partial charge in [0.05, 0.1) is 13.7 Å². The summed E-state index contributed by atoms with van der Waals surface area (Å²) < 4.78 is 35.8. The summed E-state index contributed by atoms with van der Waals surface area (Å²) in [5.74, 6) is -2.14. The van der Waals surface area contributed by atoms with E-state index in [4.69, 9.17) is 4.74 Å². The Morgan fingerprint density at radius 3 is 2.67 bits per heavy atom. The zero-order valence-electron chi connectivity index (χ0n) is 10.2. The fourth-order valence-corrected chi connectivity index (χ4v) is 1.48. The Kier molecular flexibility index (Phi) is 5.67. The molecule has 0 aliphatic heterocycles. The molecule has 0 saturated heterocycles. The van der Waals surface area contributed by atoms with Gasteiger partial charge in [-0.1, -0.05) is 6.07 Å². The molecule has 0 aliphatic carbocycles. The molecular weight excluding hydrogens is 244 g/mol. The van der Waals surface area contributed by atoms with Crippen LogP contribution >= 0.6 is 0 Å². The fourth-order valence-electron chi connectivity index (χ4n) is 1.48. The lowest BCUT2D eigenvalue weighted by molar-refractivity contribution is -0.143. The second kappa shape index (κ2) is 7.03. The van der Waals surface area contributed by atoms with Gasteiger partial charge in [0.15, 0.2) is 0 Å². The minimum absolute atomic E-state index is 0.0411. The number of rotatable bonds is 6. The van der Waals surface area contributed by atoms with Gasteiger partial charge < -0.3 is 9.47 Å². The lowest BCUT2D eigenvalue weighted by Crippen LogP contribution is -2.32. The number of esters is 1. The summed E-state index contributed by atoms with van der Waals surface area (Å²) in [5.41, 5.74) is 0.0411. The molecule has 1 N–H and O–H groups in total. The average molecular weight is 259 g/mol. The molecule has 18 heavy (non-hydrogen) atoms. The molecule has 6 heteroatoms. The van der Waals surface area contributed by atoms with Crippen LogP contribution in [0.25, 0.3) is 0 Å². The van der Waals surface area contributed by atoms with E-state index in [0.29, 0.717) is 13.2 Å². The third-order valence-electron chi connectivity index (χ3n) is 2.37. The van der Waals surface area contributed by atoms with E-state index >= 15 is 0 Å². The highest BCUT2D eigenvalue weighted by Crippen LogP contribution is 2.19. The second-order valence-electron chi connectivity index (χ2n) is 3.57. The molecule has 0 radical (unpaired) electrons. The molecule has 0 aliphatic rings. The van der Waals surface area contributed by atoms with Crippen molar-refractivity contribution in [3.8, 4) is 0 Å². The lowest BCUT2D eigenvalue weighted by Gasteiger charge is -2.17. The number of halogens is 2. The standard InChI is InChI=1S/C12H15F2NO3/c1-17-6-5-15-11(12(16)18-2)9-4-3-8(13)7-10(9)14/h3-4,7,11,15H,5-6H2,1-2H3. The molecule has 1 atom stereocenters. The molecule has 1 rings (SSSR count). The SMILES string of the molecule is COCCNC(C(=O)OC)c1ccc(F)cc1F. The van der Waals surface area contributed by atoms with Gasteiger partial charge in [0.25, 0.3) is 0 Å². The van der Waals surface area contributed by atoms with Crippen molar-refractivity contribution in [2.45, 2.75) is 6.04 Å². The van der Waals surface area contributed by atoms with Crippen molar-refractivity contribution in [3.63, 3.8) is 0 Å². The van der Waals surface area contributed by atoms with Crippen LogP contribution in [0.4, 0.5) is 8.78 Å². The van der Waals surface area contributed by atoms with Gasteiger partial charge in [0.2, 0.25) is 0 Å². The lowest BCUT2D eigenvalue weighted by atomic mass is 10.1. The molecule has 0 aromatic heterocycles. The summed E-state index contributed by atoms with van der Waals surface area (Å²) in [6.07, 6.45) is 0. The third-order valence-corrected chi connectivity index (χ3v) is 2.37. The van der Waals surface area contributed by atoms with E-state index < -0.39 is 23.6 Å². The number of hydrogen-bond acceptors (Lipinski definition) is 4. The third kappa shape index (κ3) is 3.75. The maximum Gasteiger partial charge on any atom is 0.327 e. The van der Waals surface area contributed by atoms with Crippen LogP contribution in [0.5, 0.6) is 0 Å². The maximum atomic E-state index is 13.6. The van der Waals surface area contributed by atoms with Crippen molar-refractivity contribution in [1.82, 2.24) is 5.32 Å². The Bertz CT molecular complexity index is 412. The van der Waals surface area contributed by atoms with Crippen LogP contribution in [0.1, 0.15) is 11.6 Å². The Morgan fingerprint density at radius 2 is 2.11 bits per heavy atom. The summed E-state index contributed by atoms with van der Waals surface area (Å²) in [6, 6.07) is 2.05. The molecule has 1 aromatic carbocycles. The fraction of sp³-hybridized carbons (Fsp3) is 0.417. The van der Waals surface area contributed by atoms with Crippen LogP contribution in [-0.4, -0.2) is 33.3 Å². The first-order chi connectivity index (χ1) is 8.60. The van der Waals surface area contributed by atoms with Crippen LogP contribution in [0, 0.1) is 11.6 Å². The van der Waals surface area contributed by atoms with E-state index in [-0.39, 0.29) is 5.56 Å². The average Bonchev–Trinajstić information content (AvgIpc) is 2.35. The highest BCUT2D eigenvalue weighted by atomic mass is 19.1. The molecule has 0 heterocycles. The van der Waals surface area contributed by atoms with Gasteiger partial charge in [-0.2, -0.15) is 0 Å². The molecule has 1 unspecified atom stereocenters. The van der Waals surface area contributed by atoms with Crippen molar-refractivity contribution >= 4 is 5.97 Å². The topological polar surface area (TPSA) is 47.6 Å². The number of hydrogen-bond donors (Lipinski definition) is 1. The van der Waals surface area contributed by atoms with Crippen LogP contribution < -0.4 is 5.32 Å². The first-order valence-corrected chi connectivity index (χ1v) is 5.35. The van der Waals surface area contributed by atoms with Gasteiger partial charge in [-0.25, -0.2) is 13.6 Å². The maximum absolute atomic E-state index is 13.6. The summed E-state index contributed by atoms with van der Waals surface area (Å²) in [5, 5.41) is 2.79. The zero-order valence-corrected chi connectivity index (χ0v) is 10.2. The largest absolute Gasteiger partial charge is 0.468 e. The number of ether oxygens (including phenoxy) is 2. The number of methoxy groups -OCH3 is 2. The summed E-state index contributed by atoms with van der Waals surface area (Å²) in [7, 11) is 2.71. The molecule has 4 nitrogen and oxygen atoms in total. The van der Waals surface area contributed by atoms with Gasteiger partial charge >= 0.3 is 5.97 Å². The van der Waals surface area contributed by atoms with Gasteiger partial charge in [0, 0.05) is 25.3 Å². The molecule has 1 aromatic rings. The monoisotopic (exact) mass is 259 g/mol. The van der Waals surface area contributed by atoms with Crippen LogP contribution in [-0.2, 0) is 14.3 Å². The zero-order chi connectivity index (χ0) is 13.5. The van der Waals surface area contributed by atoms with E-state index in [9.17, 15) is 13.6 Å². The van der Waals surface area contributed by atoms with Gasteiger partial charge in [-0.3, -0.25) is 5.32 Å². The number of carbonyl (C=O) groups is 1. The summed E-state index contributed by atoms with van der Waals surface area (Å²) in [6.45, 7) is 0.698. The predicted molar refractivity (Wildman–Crippen MR) is 61.0 cm³/mol. The van der Waals surface area contributed by atoms with Gasteiger partial charge in [-0.15, -0.1) is 0 Å². The Balaban J connectivity index is 2.90. The van der Waals surface area contributed by atoms with Gasteiger partial charge in [-0.05, 0) is 6.07 Å². The predicted octanol–water partition coefficient (Wildman–Crippen LogP) is 1.41. The van der Waals surface area contributed by atoms with Crippen molar-refractivity contribution in [3.05, 3.63) is 35.4 Å². The molecule has 0 amide bonds. The highest BCUT2D eigenvalue weighted by Gasteiger charge is 2.24. The normalized spacial score (nSPS) is 12.2. The number of nitrogens with one attached hydrogen (secondary N) is 1. The quantitative estimate of drug-likeness (QED) is 0.620. The number of carbonyl (C=O) groups excluding carboxylic acids is 1. The molecule has 100 valence electrons. The van der Waals surface area contributed by atoms with Crippen molar-refractivity contribution < 1.29 is 23.0 Å². The Hall–Kier alpha value is -1.53. The first kappa shape index (κ1) is 14.5. The van der Waals surface area contributed by atoms with E-state index in [1.807, 2.05) is 0 Å². The minimum atomic E-state index is -0.981. The van der Waals surface area contributed by atoms with Crippen molar-refractivity contribution in [2.24, 2.45) is 0 Å². The van der Waals surface area contributed by atoms with Crippen LogP contribution in [0.15, 0.2) is 18.2 Å². The smallest absolute Gasteiger partial charge is 0.327 e.